The molecule has 3 rings (SSSR count). The Bertz CT molecular complexity index is 1070. The standard InChI is InChI=1S/C22H24ClIN2O5S/c23-20-11-10-18(32(29,30)26-17-8-6-16(24)7-9-17)12-19(20)22(28)31-14-21(27)25-13-15-4-2-1-3-5-15/h6-12,15,26H,1-5,13-14H2,(H,25,27). The molecule has 0 radical (unpaired) electrons. The van der Waals surface area contributed by atoms with E-state index in [1.165, 1.54) is 31.4 Å². The van der Waals surface area contributed by atoms with Crippen LogP contribution in [0.15, 0.2) is 47.4 Å². The van der Waals surface area contributed by atoms with Crippen LogP contribution in [0.2, 0.25) is 5.02 Å². The van der Waals surface area contributed by atoms with Crippen LogP contribution >= 0.6 is 34.2 Å². The monoisotopic (exact) mass is 590 g/mol. The van der Waals surface area contributed by atoms with E-state index in [1.807, 2.05) is 0 Å². The van der Waals surface area contributed by atoms with Gasteiger partial charge in [-0.05, 0) is 83.8 Å². The molecule has 10 heteroatoms. The summed E-state index contributed by atoms with van der Waals surface area (Å²) in [5, 5.41) is 2.82. The van der Waals surface area contributed by atoms with Crippen LogP contribution < -0.4 is 10.0 Å². The lowest BCUT2D eigenvalue weighted by Crippen LogP contribution is -2.33. The summed E-state index contributed by atoms with van der Waals surface area (Å²) in [5.74, 6) is -0.807. The molecule has 1 fully saturated rings. The van der Waals surface area contributed by atoms with Crippen LogP contribution in [0, 0.1) is 9.49 Å². The molecule has 7 nitrogen and oxygen atoms in total. The van der Waals surface area contributed by atoms with Gasteiger partial charge in [0.2, 0.25) is 0 Å². The summed E-state index contributed by atoms with van der Waals surface area (Å²) in [7, 11) is -3.95. The second-order valence-electron chi connectivity index (χ2n) is 7.64. The van der Waals surface area contributed by atoms with Crippen LogP contribution in [0.1, 0.15) is 42.5 Å². The number of carbonyl (C=O) groups excluding carboxylic acids is 2. The van der Waals surface area contributed by atoms with E-state index in [0.717, 1.165) is 22.5 Å². The lowest BCUT2D eigenvalue weighted by Gasteiger charge is -2.21. The molecule has 2 aromatic rings. The van der Waals surface area contributed by atoms with Crippen molar-refractivity contribution < 1.29 is 22.7 Å². The van der Waals surface area contributed by atoms with E-state index in [-0.39, 0.29) is 15.5 Å². The van der Waals surface area contributed by atoms with Gasteiger partial charge in [0, 0.05) is 15.8 Å². The molecule has 1 saturated carbocycles. The smallest absolute Gasteiger partial charge is 0.340 e. The topological polar surface area (TPSA) is 102 Å². The van der Waals surface area contributed by atoms with Crippen molar-refractivity contribution in [1.29, 1.82) is 0 Å². The molecule has 0 atom stereocenters. The van der Waals surface area contributed by atoms with Crippen molar-refractivity contribution in [3.8, 4) is 0 Å². The molecule has 1 amide bonds. The van der Waals surface area contributed by atoms with E-state index < -0.39 is 28.5 Å². The number of anilines is 1. The first-order valence-corrected chi connectivity index (χ1v) is 13.2. The van der Waals surface area contributed by atoms with Crippen molar-refractivity contribution in [2.24, 2.45) is 5.92 Å². The third kappa shape index (κ3) is 7.08. The summed E-state index contributed by atoms with van der Waals surface area (Å²) in [4.78, 5) is 24.3. The molecule has 32 heavy (non-hydrogen) atoms. The number of esters is 1. The molecule has 0 bridgehead atoms. The maximum atomic E-state index is 12.7. The lowest BCUT2D eigenvalue weighted by atomic mass is 9.89. The molecule has 0 heterocycles. The second kappa shape index (κ2) is 11.3. The molecule has 0 aromatic heterocycles. The van der Waals surface area contributed by atoms with E-state index in [9.17, 15) is 18.0 Å². The van der Waals surface area contributed by atoms with Crippen LogP contribution in [-0.4, -0.2) is 33.4 Å². The first kappa shape index (κ1) is 24.8. The van der Waals surface area contributed by atoms with Crippen LogP contribution in [0.4, 0.5) is 5.69 Å². The zero-order chi connectivity index (χ0) is 23.1. The minimum absolute atomic E-state index is 0.0332. The lowest BCUT2D eigenvalue weighted by molar-refractivity contribution is -0.124. The van der Waals surface area contributed by atoms with Gasteiger partial charge in [-0.15, -0.1) is 0 Å². The highest BCUT2D eigenvalue weighted by atomic mass is 127. The number of ether oxygens (including phenoxy) is 1. The van der Waals surface area contributed by atoms with Gasteiger partial charge in [-0.25, -0.2) is 13.2 Å². The Hall–Kier alpha value is -1.85. The molecule has 0 unspecified atom stereocenters. The molecule has 1 aliphatic carbocycles. The predicted octanol–water partition coefficient (Wildman–Crippen LogP) is 4.60. The number of rotatable bonds is 8. The van der Waals surface area contributed by atoms with Gasteiger partial charge < -0.3 is 10.1 Å². The molecule has 0 spiro atoms. The average molecular weight is 591 g/mol. The van der Waals surface area contributed by atoms with Crippen molar-refractivity contribution in [1.82, 2.24) is 5.32 Å². The molecule has 172 valence electrons. The van der Waals surface area contributed by atoms with Crippen LogP contribution in [0.3, 0.4) is 0 Å². The van der Waals surface area contributed by atoms with E-state index in [2.05, 4.69) is 32.6 Å². The summed E-state index contributed by atoms with van der Waals surface area (Å²) in [6.07, 6.45) is 5.76. The quantitative estimate of drug-likeness (QED) is 0.346. The van der Waals surface area contributed by atoms with Crippen LogP contribution in [0.25, 0.3) is 0 Å². The van der Waals surface area contributed by atoms with Gasteiger partial charge in [0.15, 0.2) is 6.61 Å². The van der Waals surface area contributed by atoms with Crippen molar-refractivity contribution in [2.45, 2.75) is 37.0 Å². The van der Waals surface area contributed by atoms with Crippen molar-refractivity contribution in [3.63, 3.8) is 0 Å². The predicted molar refractivity (Wildman–Crippen MR) is 131 cm³/mol. The van der Waals surface area contributed by atoms with Gasteiger partial charge in [0.1, 0.15) is 0 Å². The highest BCUT2D eigenvalue weighted by Gasteiger charge is 2.21. The maximum absolute atomic E-state index is 12.7. The minimum atomic E-state index is -3.95. The highest BCUT2D eigenvalue weighted by molar-refractivity contribution is 14.1. The van der Waals surface area contributed by atoms with Gasteiger partial charge in [-0.1, -0.05) is 30.9 Å². The van der Waals surface area contributed by atoms with E-state index in [0.29, 0.717) is 18.2 Å². The molecule has 2 aromatic carbocycles. The molecule has 0 saturated heterocycles. The summed E-state index contributed by atoms with van der Waals surface area (Å²) < 4.78 is 33.9. The van der Waals surface area contributed by atoms with Gasteiger partial charge in [-0.3, -0.25) is 9.52 Å². The van der Waals surface area contributed by atoms with Crippen LogP contribution in [-0.2, 0) is 19.6 Å². The van der Waals surface area contributed by atoms with Gasteiger partial charge in [0.25, 0.3) is 15.9 Å². The normalized spacial score (nSPS) is 14.6. The van der Waals surface area contributed by atoms with Crippen LogP contribution in [0.5, 0.6) is 0 Å². The first-order valence-electron chi connectivity index (χ1n) is 10.3. The van der Waals surface area contributed by atoms with E-state index >= 15 is 0 Å². The number of benzene rings is 2. The fourth-order valence-electron chi connectivity index (χ4n) is 3.47. The zero-order valence-electron chi connectivity index (χ0n) is 17.3. The van der Waals surface area contributed by atoms with Crippen molar-refractivity contribution in [3.05, 3.63) is 56.6 Å². The maximum Gasteiger partial charge on any atom is 0.340 e. The number of hydrogen-bond donors (Lipinski definition) is 2. The SMILES string of the molecule is O=C(COC(=O)c1cc(S(=O)(=O)Nc2ccc(I)cc2)ccc1Cl)NCC1CCCCC1. The van der Waals surface area contributed by atoms with Gasteiger partial charge in [-0.2, -0.15) is 0 Å². The number of carbonyl (C=O) groups is 2. The Morgan fingerprint density at radius 2 is 1.75 bits per heavy atom. The zero-order valence-corrected chi connectivity index (χ0v) is 21.0. The minimum Gasteiger partial charge on any atom is -0.452 e. The molecular weight excluding hydrogens is 567 g/mol. The van der Waals surface area contributed by atoms with Gasteiger partial charge >= 0.3 is 5.97 Å². The fraction of sp³-hybridized carbons (Fsp3) is 0.364. The number of amides is 1. The van der Waals surface area contributed by atoms with E-state index in [1.54, 1.807) is 24.3 Å². The number of hydrogen-bond acceptors (Lipinski definition) is 5. The first-order chi connectivity index (χ1) is 15.2. The third-order valence-electron chi connectivity index (χ3n) is 5.21. The Morgan fingerprint density at radius 1 is 1.06 bits per heavy atom. The van der Waals surface area contributed by atoms with Crippen molar-refractivity contribution in [2.75, 3.05) is 17.9 Å². The molecular formula is C22H24ClIN2O5S. The van der Waals surface area contributed by atoms with Crippen molar-refractivity contribution >= 4 is 61.8 Å². The molecule has 0 aliphatic heterocycles. The molecule has 2 N–H and O–H groups in total. The summed E-state index contributed by atoms with van der Waals surface area (Å²) in [6.45, 7) is 0.106. The molecule has 1 aliphatic rings. The number of nitrogens with one attached hydrogen (secondary N) is 2. The largest absolute Gasteiger partial charge is 0.452 e. The second-order valence-corrected chi connectivity index (χ2v) is 11.0. The summed E-state index contributed by atoms with van der Waals surface area (Å²) in [6, 6.07) is 10.5. The Balaban J connectivity index is 1.60. The van der Waals surface area contributed by atoms with Gasteiger partial charge in [0.05, 0.1) is 15.5 Å². The summed E-state index contributed by atoms with van der Waals surface area (Å²) in [5.41, 5.74) is 0.261. The fourth-order valence-corrected chi connectivity index (χ4v) is 5.11. The Morgan fingerprint density at radius 3 is 2.44 bits per heavy atom. The third-order valence-corrected chi connectivity index (χ3v) is 7.64. The Kier molecular flexibility index (Phi) is 8.78. The summed E-state index contributed by atoms with van der Waals surface area (Å²) >= 11 is 8.20. The highest BCUT2D eigenvalue weighted by Crippen LogP contribution is 2.24. The number of sulfonamides is 1. The number of halogens is 2. The average Bonchev–Trinajstić information content (AvgIpc) is 2.78. The Labute approximate surface area is 206 Å². The van der Waals surface area contributed by atoms with E-state index in [4.69, 9.17) is 16.3 Å².